The first kappa shape index (κ1) is 10.7. The molecule has 0 aromatic heterocycles. The van der Waals surface area contributed by atoms with E-state index in [1.807, 2.05) is 0 Å². The SMILES string of the molecule is C=C(CO)C1CCCCN1C(C)C. The summed E-state index contributed by atoms with van der Waals surface area (Å²) in [7, 11) is 0. The van der Waals surface area contributed by atoms with Crippen molar-refractivity contribution in [2.75, 3.05) is 13.2 Å². The van der Waals surface area contributed by atoms with Crippen LogP contribution in [0.4, 0.5) is 0 Å². The second-order valence-corrected chi connectivity index (χ2v) is 4.16. The lowest BCUT2D eigenvalue weighted by molar-refractivity contribution is 0.124. The number of likely N-dealkylation sites (tertiary alicyclic amines) is 1. The summed E-state index contributed by atoms with van der Waals surface area (Å²) >= 11 is 0. The summed E-state index contributed by atoms with van der Waals surface area (Å²) < 4.78 is 0. The van der Waals surface area contributed by atoms with E-state index in [9.17, 15) is 0 Å². The molecule has 1 aliphatic rings. The highest BCUT2D eigenvalue weighted by atomic mass is 16.3. The first-order valence-corrected chi connectivity index (χ1v) is 5.21. The van der Waals surface area contributed by atoms with Gasteiger partial charge in [-0.25, -0.2) is 0 Å². The molecule has 1 saturated heterocycles. The second kappa shape index (κ2) is 4.77. The van der Waals surface area contributed by atoms with E-state index in [1.54, 1.807) is 0 Å². The lowest BCUT2D eigenvalue weighted by Crippen LogP contribution is -2.45. The van der Waals surface area contributed by atoms with E-state index >= 15 is 0 Å². The Labute approximate surface area is 81.2 Å². The van der Waals surface area contributed by atoms with Crippen LogP contribution in [0.1, 0.15) is 33.1 Å². The highest BCUT2D eigenvalue weighted by Crippen LogP contribution is 2.23. The summed E-state index contributed by atoms with van der Waals surface area (Å²) in [6, 6.07) is 0.979. The Kier molecular flexibility index (Phi) is 3.94. The topological polar surface area (TPSA) is 23.5 Å². The van der Waals surface area contributed by atoms with Crippen LogP contribution in [0.5, 0.6) is 0 Å². The first-order chi connectivity index (χ1) is 6.16. The maximum atomic E-state index is 9.06. The Hall–Kier alpha value is -0.340. The van der Waals surface area contributed by atoms with Crippen molar-refractivity contribution in [3.05, 3.63) is 12.2 Å². The van der Waals surface area contributed by atoms with Gasteiger partial charge in [0.15, 0.2) is 0 Å². The van der Waals surface area contributed by atoms with Gasteiger partial charge < -0.3 is 5.11 Å². The van der Waals surface area contributed by atoms with Gasteiger partial charge in [0, 0.05) is 12.1 Å². The standard InChI is InChI=1S/C11H21NO/c1-9(2)12-7-5-4-6-11(12)10(3)8-13/h9,11,13H,3-8H2,1-2H3. The average molecular weight is 183 g/mol. The lowest BCUT2D eigenvalue weighted by atomic mass is 9.95. The van der Waals surface area contributed by atoms with Gasteiger partial charge in [0.2, 0.25) is 0 Å². The van der Waals surface area contributed by atoms with Crippen molar-refractivity contribution in [1.82, 2.24) is 4.90 Å². The zero-order chi connectivity index (χ0) is 9.84. The van der Waals surface area contributed by atoms with Gasteiger partial charge in [0.1, 0.15) is 0 Å². The zero-order valence-electron chi connectivity index (χ0n) is 8.79. The number of aliphatic hydroxyl groups is 1. The van der Waals surface area contributed by atoms with Gasteiger partial charge in [-0.3, -0.25) is 4.90 Å². The molecule has 1 atom stereocenters. The van der Waals surface area contributed by atoms with Crippen LogP contribution in [0.2, 0.25) is 0 Å². The molecule has 1 fully saturated rings. The number of nitrogens with zero attached hydrogens (tertiary/aromatic N) is 1. The van der Waals surface area contributed by atoms with Crippen molar-refractivity contribution in [1.29, 1.82) is 0 Å². The molecule has 0 aromatic carbocycles. The molecular weight excluding hydrogens is 162 g/mol. The van der Waals surface area contributed by atoms with E-state index in [4.69, 9.17) is 5.11 Å². The van der Waals surface area contributed by atoms with Crippen molar-refractivity contribution >= 4 is 0 Å². The van der Waals surface area contributed by atoms with Crippen molar-refractivity contribution in [3.8, 4) is 0 Å². The fraction of sp³-hybridized carbons (Fsp3) is 0.818. The Morgan fingerprint density at radius 3 is 2.77 bits per heavy atom. The van der Waals surface area contributed by atoms with Crippen LogP contribution in [0.3, 0.4) is 0 Å². The number of hydrogen-bond donors (Lipinski definition) is 1. The minimum absolute atomic E-state index is 0.133. The van der Waals surface area contributed by atoms with Crippen LogP contribution in [0.25, 0.3) is 0 Å². The minimum Gasteiger partial charge on any atom is -0.392 e. The fourth-order valence-electron chi connectivity index (χ4n) is 2.12. The molecule has 1 aliphatic heterocycles. The molecule has 13 heavy (non-hydrogen) atoms. The second-order valence-electron chi connectivity index (χ2n) is 4.16. The molecule has 76 valence electrons. The lowest BCUT2D eigenvalue weighted by Gasteiger charge is -2.39. The van der Waals surface area contributed by atoms with E-state index in [2.05, 4.69) is 25.3 Å². The van der Waals surface area contributed by atoms with Gasteiger partial charge in [-0.2, -0.15) is 0 Å². The van der Waals surface area contributed by atoms with Gasteiger partial charge in [-0.05, 0) is 38.8 Å². The highest BCUT2D eigenvalue weighted by Gasteiger charge is 2.25. The fourth-order valence-corrected chi connectivity index (χ4v) is 2.12. The summed E-state index contributed by atoms with van der Waals surface area (Å²) in [6.07, 6.45) is 3.72. The maximum absolute atomic E-state index is 9.06. The van der Waals surface area contributed by atoms with Crippen LogP contribution >= 0.6 is 0 Å². The van der Waals surface area contributed by atoms with Crippen molar-refractivity contribution in [3.63, 3.8) is 0 Å². The van der Waals surface area contributed by atoms with Crippen molar-refractivity contribution in [2.24, 2.45) is 0 Å². The quantitative estimate of drug-likeness (QED) is 0.674. The van der Waals surface area contributed by atoms with Crippen LogP contribution in [-0.2, 0) is 0 Å². The molecule has 0 bridgehead atoms. The molecule has 0 aliphatic carbocycles. The third-order valence-electron chi connectivity index (χ3n) is 2.88. The molecule has 1 N–H and O–H groups in total. The van der Waals surface area contributed by atoms with Crippen LogP contribution < -0.4 is 0 Å². The van der Waals surface area contributed by atoms with Crippen LogP contribution in [0.15, 0.2) is 12.2 Å². The van der Waals surface area contributed by atoms with Gasteiger partial charge in [0.05, 0.1) is 6.61 Å². The summed E-state index contributed by atoms with van der Waals surface area (Å²) in [6.45, 7) is 9.65. The summed E-state index contributed by atoms with van der Waals surface area (Å²) in [5.74, 6) is 0. The monoisotopic (exact) mass is 183 g/mol. The number of aliphatic hydroxyl groups excluding tert-OH is 1. The molecule has 1 heterocycles. The van der Waals surface area contributed by atoms with E-state index in [0.29, 0.717) is 12.1 Å². The zero-order valence-corrected chi connectivity index (χ0v) is 8.79. The molecule has 0 aromatic rings. The Balaban J connectivity index is 2.61. The Morgan fingerprint density at radius 2 is 2.23 bits per heavy atom. The molecule has 2 heteroatoms. The third-order valence-corrected chi connectivity index (χ3v) is 2.88. The first-order valence-electron chi connectivity index (χ1n) is 5.21. The van der Waals surface area contributed by atoms with Crippen molar-refractivity contribution < 1.29 is 5.11 Å². The summed E-state index contributed by atoms with van der Waals surface area (Å²) in [4.78, 5) is 2.45. The molecule has 0 amide bonds. The molecule has 1 rings (SSSR count). The summed E-state index contributed by atoms with van der Waals surface area (Å²) in [5, 5.41) is 9.06. The smallest absolute Gasteiger partial charge is 0.0654 e. The largest absolute Gasteiger partial charge is 0.392 e. The number of piperidine rings is 1. The van der Waals surface area contributed by atoms with E-state index in [1.165, 1.54) is 12.8 Å². The molecule has 0 spiro atoms. The number of hydrogen-bond acceptors (Lipinski definition) is 2. The van der Waals surface area contributed by atoms with Crippen LogP contribution in [-0.4, -0.2) is 35.2 Å². The van der Waals surface area contributed by atoms with Gasteiger partial charge in [0.25, 0.3) is 0 Å². The number of rotatable bonds is 3. The molecule has 0 saturated carbocycles. The van der Waals surface area contributed by atoms with E-state index in [-0.39, 0.29) is 6.61 Å². The predicted octanol–water partition coefficient (Wildman–Crippen LogP) is 1.80. The molecular formula is C11H21NO. The molecule has 1 unspecified atom stereocenters. The highest BCUT2D eigenvalue weighted by molar-refractivity contribution is 5.07. The van der Waals surface area contributed by atoms with Crippen molar-refractivity contribution in [2.45, 2.75) is 45.2 Å². The Morgan fingerprint density at radius 1 is 1.54 bits per heavy atom. The average Bonchev–Trinajstić information content (AvgIpc) is 2.16. The van der Waals surface area contributed by atoms with Gasteiger partial charge >= 0.3 is 0 Å². The van der Waals surface area contributed by atoms with Gasteiger partial charge in [-0.15, -0.1) is 0 Å². The Bertz CT molecular complexity index is 177. The van der Waals surface area contributed by atoms with E-state index in [0.717, 1.165) is 18.5 Å². The van der Waals surface area contributed by atoms with Crippen LogP contribution in [0, 0.1) is 0 Å². The molecule has 2 nitrogen and oxygen atoms in total. The van der Waals surface area contributed by atoms with Gasteiger partial charge in [-0.1, -0.05) is 13.0 Å². The maximum Gasteiger partial charge on any atom is 0.0654 e. The minimum atomic E-state index is 0.133. The molecule has 0 radical (unpaired) electrons. The predicted molar refractivity (Wildman–Crippen MR) is 55.7 cm³/mol. The third kappa shape index (κ3) is 2.55. The normalized spacial score (nSPS) is 25.1. The summed E-state index contributed by atoms with van der Waals surface area (Å²) in [5.41, 5.74) is 0.980. The van der Waals surface area contributed by atoms with E-state index < -0.39 is 0 Å².